The van der Waals surface area contributed by atoms with Gasteiger partial charge >= 0.3 is 5.69 Å². The highest BCUT2D eigenvalue weighted by Gasteiger charge is 2.17. The molecule has 1 aromatic heterocycles. The Hall–Kier alpha value is -2.58. The number of nitro benzene ring substituents is 1. The van der Waals surface area contributed by atoms with Crippen LogP contribution in [0.5, 0.6) is 5.75 Å². The largest absolute Gasteiger partial charge is 0.502 e. The monoisotopic (exact) mass is 334 g/mol. The Labute approximate surface area is 133 Å². The number of aliphatic imine (C=N–C) groups is 1. The number of halogens is 1. The fourth-order valence-corrected chi connectivity index (χ4v) is 2.64. The SMILES string of the molecule is O=[N+]([O-])c1cc(Cl)cc(C=Nc2cccc3nsnc23)c1O. The first-order valence-electron chi connectivity index (χ1n) is 5.98. The first-order chi connectivity index (χ1) is 10.6. The number of rotatable bonds is 3. The van der Waals surface area contributed by atoms with E-state index in [1.54, 1.807) is 18.2 Å². The van der Waals surface area contributed by atoms with Gasteiger partial charge in [-0.2, -0.15) is 8.75 Å². The van der Waals surface area contributed by atoms with Crippen LogP contribution in [-0.2, 0) is 0 Å². The van der Waals surface area contributed by atoms with Crippen molar-refractivity contribution < 1.29 is 10.0 Å². The maximum absolute atomic E-state index is 10.9. The van der Waals surface area contributed by atoms with E-state index < -0.39 is 16.4 Å². The van der Waals surface area contributed by atoms with Gasteiger partial charge < -0.3 is 5.11 Å². The van der Waals surface area contributed by atoms with Crippen LogP contribution in [0.4, 0.5) is 11.4 Å². The summed E-state index contributed by atoms with van der Waals surface area (Å²) in [7, 11) is 0. The number of nitrogens with zero attached hydrogens (tertiary/aromatic N) is 4. The molecule has 0 spiro atoms. The number of nitro groups is 1. The minimum absolute atomic E-state index is 0.138. The molecule has 0 radical (unpaired) electrons. The van der Waals surface area contributed by atoms with Crippen LogP contribution in [0.25, 0.3) is 11.0 Å². The third-order valence-corrected chi connectivity index (χ3v) is 3.65. The highest BCUT2D eigenvalue weighted by atomic mass is 35.5. The molecule has 0 aliphatic rings. The lowest BCUT2D eigenvalue weighted by Gasteiger charge is -2.01. The van der Waals surface area contributed by atoms with E-state index in [9.17, 15) is 15.2 Å². The van der Waals surface area contributed by atoms with Crippen LogP contribution in [0, 0.1) is 10.1 Å². The summed E-state index contributed by atoms with van der Waals surface area (Å²) in [5.41, 5.74) is 1.57. The number of phenolic OH excluding ortho intramolecular Hbond substituents is 1. The Kier molecular flexibility index (Phi) is 3.70. The summed E-state index contributed by atoms with van der Waals surface area (Å²) in [4.78, 5) is 14.4. The molecule has 0 amide bonds. The summed E-state index contributed by atoms with van der Waals surface area (Å²) < 4.78 is 8.24. The smallest absolute Gasteiger partial charge is 0.312 e. The van der Waals surface area contributed by atoms with Crippen LogP contribution >= 0.6 is 23.3 Å². The molecular weight excluding hydrogens is 328 g/mol. The van der Waals surface area contributed by atoms with E-state index in [0.29, 0.717) is 16.7 Å². The Morgan fingerprint density at radius 1 is 1.36 bits per heavy atom. The lowest BCUT2D eigenvalue weighted by atomic mass is 10.2. The summed E-state index contributed by atoms with van der Waals surface area (Å²) in [6.07, 6.45) is 1.31. The Balaban J connectivity index is 2.06. The number of phenols is 1. The van der Waals surface area contributed by atoms with E-state index in [1.165, 1.54) is 12.3 Å². The Morgan fingerprint density at radius 2 is 2.18 bits per heavy atom. The second kappa shape index (κ2) is 5.66. The molecule has 3 rings (SSSR count). The van der Waals surface area contributed by atoms with Crippen molar-refractivity contribution in [1.82, 2.24) is 8.75 Å². The fourth-order valence-electron chi connectivity index (χ4n) is 1.88. The minimum Gasteiger partial charge on any atom is -0.502 e. The van der Waals surface area contributed by atoms with Crippen LogP contribution in [0.1, 0.15) is 5.56 Å². The predicted molar refractivity (Wildman–Crippen MR) is 84.4 cm³/mol. The number of hydrogen-bond donors (Lipinski definition) is 1. The van der Waals surface area contributed by atoms with Gasteiger partial charge in [-0.3, -0.25) is 15.1 Å². The molecule has 1 N–H and O–H groups in total. The van der Waals surface area contributed by atoms with E-state index in [-0.39, 0.29) is 10.6 Å². The standard InChI is InChI=1S/C13H7ClN4O3S/c14-8-4-7(13(19)11(5-8)18(20)21)6-15-9-2-1-3-10-12(9)17-22-16-10/h1-6,19H. The molecule has 0 bridgehead atoms. The zero-order valence-corrected chi connectivity index (χ0v) is 12.4. The minimum atomic E-state index is -0.705. The van der Waals surface area contributed by atoms with Gasteiger partial charge in [0.05, 0.1) is 22.3 Å². The maximum Gasteiger partial charge on any atom is 0.312 e. The number of aromatic hydroxyl groups is 1. The van der Waals surface area contributed by atoms with Crippen molar-refractivity contribution in [1.29, 1.82) is 0 Å². The van der Waals surface area contributed by atoms with Gasteiger partial charge in [-0.25, -0.2) is 0 Å². The lowest BCUT2D eigenvalue weighted by Crippen LogP contribution is -1.92. The lowest BCUT2D eigenvalue weighted by molar-refractivity contribution is -0.385. The van der Waals surface area contributed by atoms with Crippen molar-refractivity contribution in [3.05, 3.63) is 51.0 Å². The van der Waals surface area contributed by atoms with Gasteiger partial charge in [0.1, 0.15) is 11.0 Å². The van der Waals surface area contributed by atoms with Crippen LogP contribution in [0.2, 0.25) is 5.02 Å². The molecule has 0 saturated carbocycles. The van der Waals surface area contributed by atoms with Crippen LogP contribution < -0.4 is 0 Å². The first-order valence-corrected chi connectivity index (χ1v) is 7.09. The van der Waals surface area contributed by atoms with Gasteiger partial charge in [0.2, 0.25) is 5.75 Å². The maximum atomic E-state index is 10.9. The second-order valence-electron chi connectivity index (χ2n) is 4.29. The molecule has 1 heterocycles. The molecule has 0 atom stereocenters. The van der Waals surface area contributed by atoms with Crippen molar-refractivity contribution in [3.8, 4) is 5.75 Å². The molecular formula is C13H7ClN4O3S. The third kappa shape index (κ3) is 2.61. The van der Waals surface area contributed by atoms with Crippen LogP contribution in [0.15, 0.2) is 35.3 Å². The normalized spacial score (nSPS) is 11.3. The fraction of sp³-hybridized carbons (Fsp3) is 0. The summed E-state index contributed by atoms with van der Waals surface area (Å²) in [5, 5.41) is 20.9. The number of hydrogen-bond acceptors (Lipinski definition) is 7. The number of benzene rings is 2. The van der Waals surface area contributed by atoms with E-state index in [4.69, 9.17) is 11.6 Å². The summed E-state index contributed by atoms with van der Waals surface area (Å²) in [6, 6.07) is 7.79. The molecule has 7 nitrogen and oxygen atoms in total. The van der Waals surface area contributed by atoms with E-state index in [2.05, 4.69) is 13.7 Å². The number of fused-ring (bicyclic) bond motifs is 1. The van der Waals surface area contributed by atoms with Crippen LogP contribution in [-0.4, -0.2) is 25.0 Å². The summed E-state index contributed by atoms with van der Waals surface area (Å²) in [5.74, 6) is -0.485. The number of aromatic nitrogens is 2. The molecule has 0 saturated heterocycles. The molecule has 0 aliphatic heterocycles. The topological polar surface area (TPSA) is 102 Å². The highest BCUT2D eigenvalue weighted by Crippen LogP contribution is 2.33. The Bertz CT molecular complexity index is 909. The predicted octanol–water partition coefficient (Wildman–Crippen LogP) is 3.71. The first kappa shape index (κ1) is 14.4. The molecule has 0 aliphatic carbocycles. The molecule has 3 aromatic rings. The summed E-state index contributed by atoms with van der Waals surface area (Å²) in [6.45, 7) is 0. The average molecular weight is 335 g/mol. The van der Waals surface area contributed by atoms with Gasteiger partial charge in [0.15, 0.2) is 0 Å². The van der Waals surface area contributed by atoms with Gasteiger partial charge in [0.25, 0.3) is 0 Å². The molecule has 0 unspecified atom stereocenters. The van der Waals surface area contributed by atoms with E-state index >= 15 is 0 Å². The molecule has 0 fully saturated rings. The van der Waals surface area contributed by atoms with Crippen molar-refractivity contribution in [3.63, 3.8) is 0 Å². The van der Waals surface area contributed by atoms with E-state index in [1.807, 2.05) is 0 Å². The zero-order chi connectivity index (χ0) is 15.7. The van der Waals surface area contributed by atoms with Gasteiger partial charge in [-0.1, -0.05) is 17.7 Å². The Morgan fingerprint density at radius 3 is 2.95 bits per heavy atom. The molecule has 22 heavy (non-hydrogen) atoms. The van der Waals surface area contributed by atoms with Gasteiger partial charge in [-0.15, -0.1) is 0 Å². The van der Waals surface area contributed by atoms with E-state index in [0.717, 1.165) is 17.8 Å². The second-order valence-corrected chi connectivity index (χ2v) is 5.25. The summed E-state index contributed by atoms with van der Waals surface area (Å²) >= 11 is 6.89. The highest BCUT2D eigenvalue weighted by molar-refractivity contribution is 7.00. The van der Waals surface area contributed by atoms with Crippen LogP contribution in [0.3, 0.4) is 0 Å². The van der Waals surface area contributed by atoms with Gasteiger partial charge in [0, 0.05) is 22.9 Å². The molecule has 9 heteroatoms. The van der Waals surface area contributed by atoms with Crippen molar-refractivity contribution >= 4 is 52.0 Å². The zero-order valence-electron chi connectivity index (χ0n) is 10.8. The molecule has 110 valence electrons. The van der Waals surface area contributed by atoms with Crippen molar-refractivity contribution in [2.45, 2.75) is 0 Å². The average Bonchev–Trinajstić information content (AvgIpc) is 2.96. The third-order valence-electron chi connectivity index (χ3n) is 2.89. The van der Waals surface area contributed by atoms with Crippen molar-refractivity contribution in [2.75, 3.05) is 0 Å². The van der Waals surface area contributed by atoms with Crippen molar-refractivity contribution in [2.24, 2.45) is 4.99 Å². The quantitative estimate of drug-likeness (QED) is 0.447. The van der Waals surface area contributed by atoms with Gasteiger partial charge in [-0.05, 0) is 18.2 Å². The molecule has 2 aromatic carbocycles.